The molecule has 2 aromatic rings. The summed E-state index contributed by atoms with van der Waals surface area (Å²) in [6.07, 6.45) is 0. The standard InChI is InChI=1S/C16H20N2O4S/c1-21-13-8-9-15(22-2)16(10-13)23(19,20)18-11-14(17)12-6-4-3-5-7-12/h3-10,14,18H,11,17H2,1-2H3. The maximum Gasteiger partial charge on any atom is 0.244 e. The van der Waals surface area contributed by atoms with Crippen LogP contribution in [0.3, 0.4) is 0 Å². The number of methoxy groups -OCH3 is 2. The summed E-state index contributed by atoms with van der Waals surface area (Å²) >= 11 is 0. The number of benzene rings is 2. The van der Waals surface area contributed by atoms with E-state index in [0.29, 0.717) is 5.75 Å². The maximum atomic E-state index is 12.5. The highest BCUT2D eigenvalue weighted by Crippen LogP contribution is 2.28. The number of hydrogen-bond donors (Lipinski definition) is 2. The molecule has 23 heavy (non-hydrogen) atoms. The Hall–Kier alpha value is -2.09. The Bertz CT molecular complexity index is 748. The van der Waals surface area contributed by atoms with Gasteiger partial charge in [0.1, 0.15) is 16.4 Å². The van der Waals surface area contributed by atoms with E-state index in [4.69, 9.17) is 15.2 Å². The fourth-order valence-electron chi connectivity index (χ4n) is 2.09. The van der Waals surface area contributed by atoms with Gasteiger partial charge in [-0.25, -0.2) is 13.1 Å². The number of rotatable bonds is 7. The number of ether oxygens (including phenoxy) is 2. The summed E-state index contributed by atoms with van der Waals surface area (Å²) in [5.41, 5.74) is 6.88. The smallest absolute Gasteiger partial charge is 0.244 e. The zero-order valence-electron chi connectivity index (χ0n) is 13.0. The second-order valence-corrected chi connectivity index (χ2v) is 6.62. The number of nitrogens with two attached hydrogens (primary N) is 1. The van der Waals surface area contributed by atoms with Crippen LogP contribution in [0, 0.1) is 0 Å². The molecule has 0 amide bonds. The highest BCUT2D eigenvalue weighted by atomic mass is 32.2. The van der Waals surface area contributed by atoms with Crippen LogP contribution in [0.25, 0.3) is 0 Å². The summed E-state index contributed by atoms with van der Waals surface area (Å²) in [4.78, 5) is 0.0135. The largest absolute Gasteiger partial charge is 0.497 e. The average molecular weight is 336 g/mol. The lowest BCUT2D eigenvalue weighted by Gasteiger charge is -2.15. The first-order valence-corrected chi connectivity index (χ1v) is 8.48. The molecule has 0 aliphatic heterocycles. The van der Waals surface area contributed by atoms with Crippen molar-refractivity contribution in [3.63, 3.8) is 0 Å². The van der Waals surface area contributed by atoms with Crippen LogP contribution in [0.5, 0.6) is 11.5 Å². The van der Waals surface area contributed by atoms with Crippen molar-refractivity contribution >= 4 is 10.0 Å². The summed E-state index contributed by atoms with van der Waals surface area (Å²) in [6.45, 7) is 0.0761. The van der Waals surface area contributed by atoms with Crippen molar-refractivity contribution in [2.24, 2.45) is 5.73 Å². The van der Waals surface area contributed by atoms with Crippen LogP contribution < -0.4 is 19.9 Å². The molecule has 1 atom stereocenters. The van der Waals surface area contributed by atoms with Gasteiger partial charge >= 0.3 is 0 Å². The van der Waals surface area contributed by atoms with Crippen molar-refractivity contribution in [3.05, 3.63) is 54.1 Å². The molecule has 0 spiro atoms. The van der Waals surface area contributed by atoms with Crippen LogP contribution >= 0.6 is 0 Å². The summed E-state index contributed by atoms with van der Waals surface area (Å²) in [6, 6.07) is 13.4. The molecule has 0 radical (unpaired) electrons. The van der Waals surface area contributed by atoms with E-state index in [1.807, 2.05) is 30.3 Å². The fourth-order valence-corrected chi connectivity index (χ4v) is 3.33. The van der Waals surface area contributed by atoms with E-state index in [-0.39, 0.29) is 17.2 Å². The number of nitrogens with one attached hydrogen (secondary N) is 1. The van der Waals surface area contributed by atoms with Gasteiger partial charge in [0.05, 0.1) is 14.2 Å². The van der Waals surface area contributed by atoms with Crippen molar-refractivity contribution in [1.82, 2.24) is 4.72 Å². The molecule has 7 heteroatoms. The van der Waals surface area contributed by atoms with Gasteiger partial charge in [-0.1, -0.05) is 30.3 Å². The van der Waals surface area contributed by atoms with Gasteiger partial charge in [-0.3, -0.25) is 0 Å². The Morgan fingerprint density at radius 3 is 2.39 bits per heavy atom. The lowest BCUT2D eigenvalue weighted by atomic mass is 10.1. The van der Waals surface area contributed by atoms with E-state index in [1.165, 1.54) is 20.3 Å². The van der Waals surface area contributed by atoms with Gasteiger partial charge in [-0.05, 0) is 17.7 Å². The molecular weight excluding hydrogens is 316 g/mol. The van der Waals surface area contributed by atoms with Gasteiger partial charge in [0.2, 0.25) is 10.0 Å². The highest BCUT2D eigenvalue weighted by molar-refractivity contribution is 7.89. The van der Waals surface area contributed by atoms with Gasteiger partial charge in [0, 0.05) is 18.7 Å². The molecule has 0 heterocycles. The lowest BCUT2D eigenvalue weighted by molar-refractivity contribution is 0.392. The van der Waals surface area contributed by atoms with Gasteiger partial charge in [-0.15, -0.1) is 0 Å². The zero-order valence-corrected chi connectivity index (χ0v) is 13.8. The number of sulfonamides is 1. The molecule has 124 valence electrons. The molecule has 0 saturated heterocycles. The predicted molar refractivity (Wildman–Crippen MR) is 88.1 cm³/mol. The highest BCUT2D eigenvalue weighted by Gasteiger charge is 2.21. The second-order valence-electron chi connectivity index (χ2n) is 4.89. The van der Waals surface area contributed by atoms with Crippen LogP contribution in [0.1, 0.15) is 11.6 Å². The second kappa shape index (κ2) is 7.45. The molecule has 3 N–H and O–H groups in total. The molecule has 0 aromatic heterocycles. The van der Waals surface area contributed by atoms with Gasteiger partial charge in [0.15, 0.2) is 0 Å². The average Bonchev–Trinajstić information content (AvgIpc) is 2.59. The summed E-state index contributed by atoms with van der Waals surface area (Å²) < 4.78 is 37.7. The molecule has 2 rings (SSSR count). The van der Waals surface area contributed by atoms with E-state index < -0.39 is 16.1 Å². The van der Waals surface area contributed by atoms with Crippen molar-refractivity contribution in [1.29, 1.82) is 0 Å². The molecule has 2 aromatic carbocycles. The summed E-state index contributed by atoms with van der Waals surface area (Å²) in [7, 11) is -0.891. The van der Waals surface area contributed by atoms with Crippen LogP contribution in [0.2, 0.25) is 0 Å². The molecule has 6 nitrogen and oxygen atoms in total. The monoisotopic (exact) mass is 336 g/mol. The molecule has 0 saturated carbocycles. The van der Waals surface area contributed by atoms with Gasteiger partial charge in [-0.2, -0.15) is 0 Å². The van der Waals surface area contributed by atoms with Crippen molar-refractivity contribution in [3.8, 4) is 11.5 Å². The first-order valence-electron chi connectivity index (χ1n) is 7.00. The van der Waals surface area contributed by atoms with Crippen LogP contribution in [0.4, 0.5) is 0 Å². The molecule has 0 bridgehead atoms. The number of hydrogen-bond acceptors (Lipinski definition) is 5. The molecule has 0 aliphatic rings. The van der Waals surface area contributed by atoms with Gasteiger partial charge < -0.3 is 15.2 Å². The first-order chi connectivity index (χ1) is 11.0. The zero-order chi connectivity index (χ0) is 16.9. The normalized spacial score (nSPS) is 12.7. The minimum atomic E-state index is -3.77. The summed E-state index contributed by atoms with van der Waals surface area (Å²) in [5.74, 6) is 0.671. The Labute approximate surface area is 136 Å². The topological polar surface area (TPSA) is 90.6 Å². The van der Waals surface area contributed by atoms with Crippen LogP contribution in [0.15, 0.2) is 53.4 Å². The van der Waals surface area contributed by atoms with E-state index in [0.717, 1.165) is 5.56 Å². The quantitative estimate of drug-likeness (QED) is 0.803. The van der Waals surface area contributed by atoms with Crippen molar-refractivity contribution in [2.45, 2.75) is 10.9 Å². The Balaban J connectivity index is 2.19. The minimum absolute atomic E-state index is 0.0135. The minimum Gasteiger partial charge on any atom is -0.497 e. The fraction of sp³-hybridized carbons (Fsp3) is 0.250. The van der Waals surface area contributed by atoms with Crippen molar-refractivity contribution in [2.75, 3.05) is 20.8 Å². The molecule has 0 aliphatic carbocycles. The maximum absolute atomic E-state index is 12.5. The molecular formula is C16H20N2O4S. The van der Waals surface area contributed by atoms with E-state index >= 15 is 0 Å². The van der Waals surface area contributed by atoms with E-state index in [1.54, 1.807) is 12.1 Å². The van der Waals surface area contributed by atoms with Crippen molar-refractivity contribution < 1.29 is 17.9 Å². The third-order valence-electron chi connectivity index (χ3n) is 3.38. The Morgan fingerprint density at radius 1 is 1.09 bits per heavy atom. The predicted octanol–water partition coefficient (Wildman–Crippen LogP) is 1.68. The first kappa shape index (κ1) is 17.3. The van der Waals surface area contributed by atoms with E-state index in [2.05, 4.69) is 4.72 Å². The lowest BCUT2D eigenvalue weighted by Crippen LogP contribution is -2.32. The summed E-state index contributed by atoms with van der Waals surface area (Å²) in [5, 5.41) is 0. The Kier molecular flexibility index (Phi) is 5.59. The molecule has 0 fully saturated rings. The van der Waals surface area contributed by atoms with E-state index in [9.17, 15) is 8.42 Å². The third-order valence-corrected chi connectivity index (χ3v) is 4.83. The third kappa shape index (κ3) is 4.22. The Morgan fingerprint density at radius 2 is 1.78 bits per heavy atom. The SMILES string of the molecule is COc1ccc(OC)c(S(=O)(=O)NCC(N)c2ccccc2)c1. The molecule has 1 unspecified atom stereocenters. The van der Waals surface area contributed by atoms with Crippen LogP contribution in [-0.4, -0.2) is 29.2 Å². The van der Waals surface area contributed by atoms with Crippen LogP contribution in [-0.2, 0) is 10.0 Å². The van der Waals surface area contributed by atoms with Gasteiger partial charge in [0.25, 0.3) is 0 Å².